The van der Waals surface area contributed by atoms with Crippen LogP contribution in [0.1, 0.15) is 17.2 Å². The SMILES string of the molecule is Nc1c(NC(c2ccccc2)c2ccccc2)ncnc1Sc1cccc2cccnc12. The van der Waals surface area contributed by atoms with Gasteiger partial charge < -0.3 is 11.1 Å². The standard InChI is InChI=1S/C26H21N5S/c27-22-25(31-23(18-9-3-1-4-10-18)19-11-5-2-6-12-19)29-17-30-26(22)32-21-15-7-13-20-14-8-16-28-24(20)21/h1-17,23H,27H2,(H,29,30,31). The molecule has 0 aliphatic carbocycles. The molecule has 2 aromatic heterocycles. The number of aromatic nitrogens is 3. The summed E-state index contributed by atoms with van der Waals surface area (Å²) in [6.07, 6.45) is 3.35. The second-order valence-corrected chi connectivity index (χ2v) is 8.30. The summed E-state index contributed by atoms with van der Waals surface area (Å²) in [7, 11) is 0. The van der Waals surface area contributed by atoms with E-state index in [0.717, 1.165) is 26.9 Å². The van der Waals surface area contributed by atoms with E-state index in [-0.39, 0.29) is 6.04 Å². The van der Waals surface area contributed by atoms with Crippen molar-refractivity contribution in [2.24, 2.45) is 0 Å². The summed E-state index contributed by atoms with van der Waals surface area (Å²) in [6, 6.07) is 30.5. The number of nitrogen functional groups attached to an aromatic ring is 1. The van der Waals surface area contributed by atoms with Gasteiger partial charge in [-0.15, -0.1) is 0 Å². The van der Waals surface area contributed by atoms with Crippen LogP contribution < -0.4 is 11.1 Å². The van der Waals surface area contributed by atoms with Crippen LogP contribution in [0.15, 0.2) is 113 Å². The lowest BCUT2D eigenvalue weighted by Crippen LogP contribution is -2.15. The first-order valence-electron chi connectivity index (χ1n) is 10.3. The van der Waals surface area contributed by atoms with E-state index >= 15 is 0 Å². The van der Waals surface area contributed by atoms with Crippen molar-refractivity contribution in [1.29, 1.82) is 0 Å². The Morgan fingerprint density at radius 2 is 1.41 bits per heavy atom. The molecule has 0 atom stereocenters. The maximum atomic E-state index is 6.55. The molecule has 32 heavy (non-hydrogen) atoms. The fourth-order valence-corrected chi connectivity index (χ4v) is 4.55. The molecule has 0 bridgehead atoms. The van der Waals surface area contributed by atoms with Gasteiger partial charge in [-0.2, -0.15) is 0 Å². The maximum absolute atomic E-state index is 6.55. The van der Waals surface area contributed by atoms with Crippen LogP contribution in [0.2, 0.25) is 0 Å². The summed E-state index contributed by atoms with van der Waals surface area (Å²) in [6.45, 7) is 0. The van der Waals surface area contributed by atoms with Gasteiger partial charge in [0.2, 0.25) is 0 Å². The summed E-state index contributed by atoms with van der Waals surface area (Å²) in [4.78, 5) is 14.4. The van der Waals surface area contributed by atoms with Gasteiger partial charge >= 0.3 is 0 Å². The predicted octanol–water partition coefficient (Wildman–Crippen LogP) is 5.96. The summed E-state index contributed by atoms with van der Waals surface area (Å²) in [5.41, 5.74) is 10.3. The molecule has 5 aromatic rings. The van der Waals surface area contributed by atoms with Crippen LogP contribution in [0.4, 0.5) is 11.5 Å². The zero-order valence-corrected chi connectivity index (χ0v) is 18.0. The van der Waals surface area contributed by atoms with Gasteiger partial charge in [0.25, 0.3) is 0 Å². The van der Waals surface area contributed by atoms with Crippen LogP contribution in [0.25, 0.3) is 10.9 Å². The van der Waals surface area contributed by atoms with Crippen molar-refractivity contribution in [2.45, 2.75) is 16.0 Å². The van der Waals surface area contributed by atoms with E-state index in [4.69, 9.17) is 5.73 Å². The number of fused-ring (bicyclic) bond motifs is 1. The lowest BCUT2D eigenvalue weighted by Gasteiger charge is -2.21. The highest BCUT2D eigenvalue weighted by Gasteiger charge is 2.18. The number of hydrogen-bond donors (Lipinski definition) is 2. The zero-order chi connectivity index (χ0) is 21.8. The van der Waals surface area contributed by atoms with E-state index in [1.54, 1.807) is 12.5 Å². The van der Waals surface area contributed by atoms with Gasteiger partial charge in [-0.25, -0.2) is 9.97 Å². The molecular formula is C26H21N5S. The number of benzene rings is 3. The summed E-state index contributed by atoms with van der Waals surface area (Å²) in [5, 5.41) is 5.31. The Hall–Kier alpha value is -3.90. The minimum absolute atomic E-state index is 0.0910. The van der Waals surface area contributed by atoms with Gasteiger partial charge in [-0.1, -0.05) is 90.6 Å². The van der Waals surface area contributed by atoms with Gasteiger partial charge in [-0.05, 0) is 23.3 Å². The molecule has 0 unspecified atom stereocenters. The number of anilines is 2. The maximum Gasteiger partial charge on any atom is 0.154 e. The van der Waals surface area contributed by atoms with Crippen LogP contribution in [0, 0.1) is 0 Å². The molecule has 0 saturated carbocycles. The van der Waals surface area contributed by atoms with Crippen LogP contribution in [-0.2, 0) is 0 Å². The average molecular weight is 436 g/mol. The van der Waals surface area contributed by atoms with Gasteiger partial charge in [-0.3, -0.25) is 4.98 Å². The number of nitrogens with two attached hydrogens (primary N) is 1. The van der Waals surface area contributed by atoms with Crippen molar-refractivity contribution in [3.8, 4) is 0 Å². The van der Waals surface area contributed by atoms with E-state index in [1.807, 2.05) is 66.7 Å². The van der Waals surface area contributed by atoms with Crippen LogP contribution in [0.5, 0.6) is 0 Å². The third kappa shape index (κ3) is 4.13. The average Bonchev–Trinajstić information content (AvgIpc) is 2.86. The molecule has 5 rings (SSSR count). The molecule has 3 aromatic carbocycles. The Labute approximate surface area is 190 Å². The van der Waals surface area contributed by atoms with Crippen molar-refractivity contribution in [3.05, 3.63) is 115 Å². The molecule has 0 saturated heterocycles. The second kappa shape index (κ2) is 9.08. The van der Waals surface area contributed by atoms with E-state index in [0.29, 0.717) is 16.5 Å². The van der Waals surface area contributed by atoms with Crippen molar-refractivity contribution < 1.29 is 0 Å². The minimum atomic E-state index is -0.0910. The molecular weight excluding hydrogens is 414 g/mol. The Kier molecular flexibility index (Phi) is 5.68. The third-order valence-corrected chi connectivity index (χ3v) is 6.26. The van der Waals surface area contributed by atoms with E-state index < -0.39 is 0 Å². The first kappa shape index (κ1) is 20.0. The fraction of sp³-hybridized carbons (Fsp3) is 0.0385. The quantitative estimate of drug-likeness (QED) is 0.321. The first-order chi connectivity index (χ1) is 15.8. The second-order valence-electron chi connectivity index (χ2n) is 7.27. The molecule has 0 radical (unpaired) electrons. The van der Waals surface area contributed by atoms with Crippen molar-refractivity contribution in [1.82, 2.24) is 15.0 Å². The number of nitrogens with one attached hydrogen (secondary N) is 1. The van der Waals surface area contributed by atoms with Gasteiger partial charge in [0.05, 0.1) is 11.6 Å². The summed E-state index contributed by atoms with van der Waals surface area (Å²) >= 11 is 1.50. The van der Waals surface area contributed by atoms with E-state index in [1.165, 1.54) is 11.8 Å². The fourth-order valence-electron chi connectivity index (χ4n) is 3.63. The van der Waals surface area contributed by atoms with Crippen LogP contribution in [0.3, 0.4) is 0 Å². The molecule has 6 heteroatoms. The Morgan fingerprint density at radius 3 is 2.12 bits per heavy atom. The van der Waals surface area contributed by atoms with Crippen LogP contribution in [-0.4, -0.2) is 15.0 Å². The minimum Gasteiger partial charge on any atom is -0.394 e. The number of para-hydroxylation sites is 1. The first-order valence-corrected chi connectivity index (χ1v) is 11.1. The van der Waals surface area contributed by atoms with Gasteiger partial charge in [0, 0.05) is 16.5 Å². The Balaban J connectivity index is 1.50. The number of pyridine rings is 1. The highest BCUT2D eigenvalue weighted by atomic mass is 32.2. The molecule has 156 valence electrons. The van der Waals surface area contributed by atoms with Gasteiger partial charge in [0.1, 0.15) is 17.0 Å². The van der Waals surface area contributed by atoms with Crippen LogP contribution >= 0.6 is 11.8 Å². The lowest BCUT2D eigenvalue weighted by molar-refractivity contribution is 0.915. The Morgan fingerprint density at radius 1 is 0.719 bits per heavy atom. The molecule has 0 aliphatic rings. The number of hydrogen-bond acceptors (Lipinski definition) is 6. The number of rotatable bonds is 6. The normalized spacial score (nSPS) is 11.0. The smallest absolute Gasteiger partial charge is 0.154 e. The molecule has 2 heterocycles. The molecule has 0 fully saturated rings. The Bertz CT molecular complexity index is 1300. The predicted molar refractivity (Wildman–Crippen MR) is 131 cm³/mol. The third-order valence-electron chi connectivity index (χ3n) is 5.20. The zero-order valence-electron chi connectivity index (χ0n) is 17.2. The molecule has 0 aliphatic heterocycles. The molecule has 0 spiro atoms. The number of nitrogens with zero attached hydrogens (tertiary/aromatic N) is 3. The largest absolute Gasteiger partial charge is 0.394 e. The van der Waals surface area contributed by atoms with E-state index in [9.17, 15) is 0 Å². The highest BCUT2D eigenvalue weighted by Crippen LogP contribution is 2.37. The molecule has 5 nitrogen and oxygen atoms in total. The summed E-state index contributed by atoms with van der Waals surface area (Å²) in [5.74, 6) is 0.605. The lowest BCUT2D eigenvalue weighted by atomic mass is 9.99. The molecule has 0 amide bonds. The topological polar surface area (TPSA) is 76.7 Å². The van der Waals surface area contributed by atoms with Crippen molar-refractivity contribution in [3.63, 3.8) is 0 Å². The monoisotopic (exact) mass is 435 g/mol. The molecule has 3 N–H and O–H groups in total. The van der Waals surface area contributed by atoms with Gasteiger partial charge in [0.15, 0.2) is 5.82 Å². The van der Waals surface area contributed by atoms with Crippen molar-refractivity contribution in [2.75, 3.05) is 11.1 Å². The highest BCUT2D eigenvalue weighted by molar-refractivity contribution is 7.99. The summed E-state index contributed by atoms with van der Waals surface area (Å²) < 4.78 is 0. The van der Waals surface area contributed by atoms with E-state index in [2.05, 4.69) is 44.5 Å². The van der Waals surface area contributed by atoms with Crippen molar-refractivity contribution >= 4 is 34.2 Å².